The number of thioether (sulfide) groups is 1. The van der Waals surface area contributed by atoms with Crippen molar-refractivity contribution in [2.24, 2.45) is 11.8 Å². The normalized spacial score (nSPS) is 27.0. The molecule has 3 fully saturated rings. The molecule has 4 rings (SSSR count). The first kappa shape index (κ1) is 21.6. The average Bonchev–Trinajstić information content (AvgIpc) is 3.18. The van der Waals surface area contributed by atoms with Gasteiger partial charge < -0.3 is 4.90 Å². The third-order valence-electron chi connectivity index (χ3n) is 6.87. The molecule has 1 aromatic rings. The van der Waals surface area contributed by atoms with Crippen LogP contribution in [0.25, 0.3) is 0 Å². The molecule has 0 saturated carbocycles. The molecule has 0 aliphatic carbocycles. The molecular formula is C22H39N3S2. The van der Waals surface area contributed by atoms with Crippen LogP contribution in [0.3, 0.4) is 0 Å². The number of hydrogen-bond donors (Lipinski definition) is 0. The van der Waals surface area contributed by atoms with Crippen LogP contribution in [0.15, 0.2) is 5.03 Å². The minimum atomic E-state index is 0.639. The summed E-state index contributed by atoms with van der Waals surface area (Å²) in [6.45, 7) is 10.9. The summed E-state index contributed by atoms with van der Waals surface area (Å²) >= 11 is 3.51. The predicted molar refractivity (Wildman–Crippen MR) is 119 cm³/mol. The smallest absolute Gasteiger partial charge is 0.134 e. The van der Waals surface area contributed by atoms with Crippen molar-refractivity contribution < 1.29 is 0 Å². The van der Waals surface area contributed by atoms with Gasteiger partial charge in [0.1, 0.15) is 5.03 Å². The van der Waals surface area contributed by atoms with E-state index in [1.54, 1.807) is 0 Å². The number of nitrogens with zero attached hydrogens (tertiary/aromatic N) is 3. The molecule has 3 aliphatic rings. The highest BCUT2D eigenvalue weighted by molar-refractivity contribution is 8.00. The highest BCUT2D eigenvalue weighted by Crippen LogP contribution is 2.43. The number of hydrogen-bond acceptors (Lipinski definition) is 5. The fraction of sp³-hybridized carbons (Fsp3) is 0.909. The molecule has 154 valence electrons. The van der Waals surface area contributed by atoms with E-state index in [1.807, 2.05) is 0 Å². The van der Waals surface area contributed by atoms with Crippen LogP contribution in [0.1, 0.15) is 96.6 Å². The third kappa shape index (κ3) is 5.93. The lowest BCUT2D eigenvalue weighted by Crippen LogP contribution is -2.46. The van der Waals surface area contributed by atoms with Gasteiger partial charge in [0.2, 0.25) is 0 Å². The van der Waals surface area contributed by atoms with Gasteiger partial charge in [0.05, 0.1) is 17.4 Å². The van der Waals surface area contributed by atoms with Crippen molar-refractivity contribution in [1.29, 1.82) is 0 Å². The summed E-state index contributed by atoms with van der Waals surface area (Å²) in [5, 5.41) is 1.97. The zero-order valence-electron chi connectivity index (χ0n) is 17.7. The van der Waals surface area contributed by atoms with Crippen molar-refractivity contribution in [2.75, 3.05) is 19.6 Å². The molecule has 27 heavy (non-hydrogen) atoms. The predicted octanol–water partition coefficient (Wildman–Crippen LogP) is 6.60. The molecule has 3 atom stereocenters. The first-order chi connectivity index (χ1) is 13.2. The Morgan fingerprint density at radius 3 is 2.48 bits per heavy atom. The Balaban J connectivity index is 1.57. The molecule has 2 bridgehead atoms. The topological polar surface area (TPSA) is 29.0 Å². The second kappa shape index (κ2) is 11.2. The molecule has 0 amide bonds. The van der Waals surface area contributed by atoms with E-state index < -0.39 is 0 Å². The summed E-state index contributed by atoms with van der Waals surface area (Å²) in [5.74, 6) is 2.24. The number of fused-ring (bicyclic) bond motifs is 3. The monoisotopic (exact) mass is 409 g/mol. The van der Waals surface area contributed by atoms with E-state index in [-0.39, 0.29) is 0 Å². The molecule has 0 N–H and O–H groups in total. The molecule has 3 saturated heterocycles. The van der Waals surface area contributed by atoms with Crippen molar-refractivity contribution in [2.45, 2.75) is 101 Å². The van der Waals surface area contributed by atoms with E-state index in [9.17, 15) is 0 Å². The quantitative estimate of drug-likeness (QED) is 0.287. The lowest BCUT2D eigenvalue weighted by Gasteiger charge is -2.44. The van der Waals surface area contributed by atoms with Crippen LogP contribution in [-0.2, 0) is 0 Å². The lowest BCUT2D eigenvalue weighted by atomic mass is 9.78. The Morgan fingerprint density at radius 1 is 1.07 bits per heavy atom. The van der Waals surface area contributed by atoms with E-state index in [0.29, 0.717) is 11.2 Å². The summed E-state index contributed by atoms with van der Waals surface area (Å²) < 4.78 is 9.59. The van der Waals surface area contributed by atoms with Crippen LogP contribution in [0.4, 0.5) is 0 Å². The summed E-state index contributed by atoms with van der Waals surface area (Å²) in [7, 11) is 0. The molecule has 3 unspecified atom stereocenters. The Bertz CT molecular complexity index is 539. The van der Waals surface area contributed by atoms with Crippen molar-refractivity contribution in [3.05, 3.63) is 5.69 Å². The van der Waals surface area contributed by atoms with Crippen molar-refractivity contribution in [1.82, 2.24) is 13.6 Å². The molecule has 0 radical (unpaired) electrons. The van der Waals surface area contributed by atoms with E-state index in [4.69, 9.17) is 8.75 Å². The minimum absolute atomic E-state index is 0.639. The molecule has 1 aromatic heterocycles. The number of piperidine rings is 3. The zero-order valence-corrected chi connectivity index (χ0v) is 19.3. The molecular weight excluding hydrogens is 370 g/mol. The van der Waals surface area contributed by atoms with Crippen molar-refractivity contribution in [3.8, 4) is 0 Å². The maximum absolute atomic E-state index is 4.81. The fourth-order valence-electron chi connectivity index (χ4n) is 4.76. The van der Waals surface area contributed by atoms with Gasteiger partial charge >= 0.3 is 0 Å². The molecule has 3 aliphatic heterocycles. The molecule has 3 nitrogen and oxygen atoms in total. The maximum atomic E-state index is 4.81. The van der Waals surface area contributed by atoms with Crippen molar-refractivity contribution >= 4 is 23.5 Å². The van der Waals surface area contributed by atoms with Crippen LogP contribution < -0.4 is 0 Å². The van der Waals surface area contributed by atoms with Gasteiger partial charge in [-0.15, -0.1) is 0 Å². The molecule has 4 heterocycles. The summed E-state index contributed by atoms with van der Waals surface area (Å²) in [6.07, 6.45) is 13.7. The minimum Gasteiger partial charge on any atom is -0.303 e. The Kier molecular flexibility index (Phi) is 8.92. The van der Waals surface area contributed by atoms with Gasteiger partial charge in [-0.25, -0.2) is 0 Å². The number of aromatic nitrogens is 2. The second-order valence-corrected chi connectivity index (χ2v) is 10.6. The summed E-state index contributed by atoms with van der Waals surface area (Å²) in [6, 6.07) is 0. The van der Waals surface area contributed by atoms with Crippen LogP contribution in [0.2, 0.25) is 0 Å². The van der Waals surface area contributed by atoms with E-state index >= 15 is 0 Å². The average molecular weight is 410 g/mol. The number of unbranched alkanes of at least 4 members (excludes halogenated alkanes) is 5. The van der Waals surface area contributed by atoms with Crippen LogP contribution in [-0.4, -0.2) is 38.5 Å². The van der Waals surface area contributed by atoms with Gasteiger partial charge in [-0.2, -0.15) is 8.75 Å². The van der Waals surface area contributed by atoms with Gasteiger partial charge in [-0.3, -0.25) is 0 Å². The van der Waals surface area contributed by atoms with Gasteiger partial charge in [-0.1, -0.05) is 77.5 Å². The summed E-state index contributed by atoms with van der Waals surface area (Å²) in [4.78, 5) is 2.64. The molecule has 0 spiro atoms. The molecule has 5 heteroatoms. The van der Waals surface area contributed by atoms with E-state index in [0.717, 1.165) is 11.8 Å². The van der Waals surface area contributed by atoms with Crippen LogP contribution >= 0.6 is 23.5 Å². The molecule has 0 aromatic carbocycles. The van der Waals surface area contributed by atoms with Crippen LogP contribution in [0.5, 0.6) is 0 Å². The zero-order chi connectivity index (χ0) is 19.1. The Labute approximate surface area is 175 Å². The fourth-order valence-corrected chi connectivity index (χ4v) is 6.92. The standard InChI is InChI=1S/C22H39N3S2/c1-4-6-7-8-9-10-11-20(17(3)5-2)26-22-21(23-27-24-22)19-16-25-14-12-18(19)13-15-25/h17-20H,4-16H2,1-3H3. The van der Waals surface area contributed by atoms with Crippen molar-refractivity contribution in [3.63, 3.8) is 0 Å². The third-order valence-corrected chi connectivity index (χ3v) is 9.06. The maximum Gasteiger partial charge on any atom is 0.134 e. The second-order valence-electron chi connectivity index (χ2n) is 8.80. The number of rotatable bonds is 12. The first-order valence-electron chi connectivity index (χ1n) is 11.4. The van der Waals surface area contributed by atoms with Gasteiger partial charge in [0.15, 0.2) is 0 Å². The highest BCUT2D eigenvalue weighted by atomic mass is 32.2. The van der Waals surface area contributed by atoms with E-state index in [1.165, 1.54) is 106 Å². The van der Waals surface area contributed by atoms with E-state index in [2.05, 4.69) is 37.4 Å². The van der Waals surface area contributed by atoms with Gasteiger partial charge in [0, 0.05) is 17.7 Å². The lowest BCUT2D eigenvalue weighted by molar-refractivity contribution is 0.0846. The Hall–Kier alpha value is -0.130. The largest absolute Gasteiger partial charge is 0.303 e. The first-order valence-corrected chi connectivity index (χ1v) is 13.0. The highest BCUT2D eigenvalue weighted by Gasteiger charge is 2.38. The van der Waals surface area contributed by atoms with Gasteiger partial charge in [-0.05, 0) is 44.2 Å². The van der Waals surface area contributed by atoms with Crippen LogP contribution in [0, 0.1) is 11.8 Å². The SMILES string of the molecule is CCCCCCCCC(Sc1nsnc1C1CN2CCC1CC2)C(C)CC. The van der Waals surface area contributed by atoms with Gasteiger partial charge in [0.25, 0.3) is 0 Å². The summed E-state index contributed by atoms with van der Waals surface area (Å²) in [5.41, 5.74) is 1.34. The Morgan fingerprint density at radius 2 is 1.81 bits per heavy atom.